The van der Waals surface area contributed by atoms with Gasteiger partial charge in [0.25, 0.3) is 0 Å². The molecule has 0 bridgehead atoms. The number of hydrogen-bond donors (Lipinski definition) is 1. The molecule has 0 radical (unpaired) electrons. The van der Waals surface area contributed by atoms with E-state index >= 15 is 0 Å². The van der Waals surface area contributed by atoms with Gasteiger partial charge in [-0.15, -0.1) is 11.8 Å². The van der Waals surface area contributed by atoms with Crippen molar-refractivity contribution in [3.63, 3.8) is 0 Å². The molecule has 122 valence electrons. The molecular weight excluding hydrogens is 315 g/mol. The second-order valence-corrected chi connectivity index (χ2v) is 6.02. The first-order chi connectivity index (χ1) is 11.1. The van der Waals surface area contributed by atoms with Crippen LogP contribution in [-0.2, 0) is 10.5 Å². The van der Waals surface area contributed by atoms with Crippen molar-refractivity contribution in [2.75, 3.05) is 12.9 Å². The summed E-state index contributed by atoms with van der Waals surface area (Å²) in [7, 11) is 1.42. The van der Waals surface area contributed by atoms with Crippen LogP contribution in [0, 0.1) is 5.82 Å². The van der Waals surface area contributed by atoms with Crippen LogP contribution in [0.4, 0.5) is 4.39 Å². The maximum absolute atomic E-state index is 13.7. The number of nitrogens with one attached hydrogen (secondary N) is 1. The Morgan fingerprint density at radius 2 is 2.26 bits per heavy atom. The number of halogens is 1. The number of nitrogens with zero attached hydrogens (tertiary/aromatic N) is 1. The normalized spacial score (nSPS) is 11.8. The molecule has 4 nitrogen and oxygen atoms in total. The number of aromatic nitrogens is 1. The quantitative estimate of drug-likeness (QED) is 0.844. The standard InChI is InChI=1S/C17H19FN2O2S/c1-12(14-5-6-16(22-2)15(18)8-14)20-17(21)11-23-10-13-4-3-7-19-9-13/h3-9,12H,10-11H2,1-2H3,(H,20,21). The van der Waals surface area contributed by atoms with Crippen molar-refractivity contribution in [2.24, 2.45) is 0 Å². The highest BCUT2D eigenvalue weighted by Gasteiger charge is 2.12. The van der Waals surface area contributed by atoms with Crippen molar-refractivity contribution in [1.29, 1.82) is 0 Å². The van der Waals surface area contributed by atoms with Gasteiger partial charge in [-0.2, -0.15) is 0 Å². The number of rotatable bonds is 7. The first kappa shape index (κ1) is 17.3. The molecule has 0 spiro atoms. The van der Waals surface area contributed by atoms with Gasteiger partial charge in [-0.3, -0.25) is 9.78 Å². The molecule has 2 rings (SSSR count). The highest BCUT2D eigenvalue weighted by Crippen LogP contribution is 2.21. The van der Waals surface area contributed by atoms with Gasteiger partial charge in [0.2, 0.25) is 5.91 Å². The van der Waals surface area contributed by atoms with Gasteiger partial charge in [-0.05, 0) is 36.2 Å². The molecule has 1 N–H and O–H groups in total. The van der Waals surface area contributed by atoms with Gasteiger partial charge in [0, 0.05) is 18.1 Å². The molecule has 1 aromatic carbocycles. The molecule has 0 saturated carbocycles. The highest BCUT2D eigenvalue weighted by molar-refractivity contribution is 7.99. The second-order valence-electron chi connectivity index (χ2n) is 5.04. The van der Waals surface area contributed by atoms with E-state index in [1.807, 2.05) is 19.1 Å². The van der Waals surface area contributed by atoms with E-state index < -0.39 is 5.82 Å². The van der Waals surface area contributed by atoms with Crippen LogP contribution in [0.1, 0.15) is 24.1 Å². The minimum Gasteiger partial charge on any atom is -0.494 e. The summed E-state index contributed by atoms with van der Waals surface area (Å²) in [4.78, 5) is 16.0. The summed E-state index contributed by atoms with van der Waals surface area (Å²) < 4.78 is 18.6. The molecule has 0 aliphatic heterocycles. The van der Waals surface area contributed by atoms with Crippen molar-refractivity contribution < 1.29 is 13.9 Å². The Hall–Kier alpha value is -2.08. The molecule has 1 unspecified atom stereocenters. The van der Waals surface area contributed by atoms with Gasteiger partial charge < -0.3 is 10.1 Å². The Kier molecular flexibility index (Phi) is 6.40. The second kappa shape index (κ2) is 8.53. The Balaban J connectivity index is 1.81. The predicted molar refractivity (Wildman–Crippen MR) is 89.9 cm³/mol. The third kappa shape index (κ3) is 5.25. The van der Waals surface area contributed by atoms with E-state index in [1.54, 1.807) is 24.5 Å². The first-order valence-corrected chi connectivity index (χ1v) is 8.35. The number of thioether (sulfide) groups is 1. The van der Waals surface area contributed by atoms with Crippen LogP contribution in [0.5, 0.6) is 5.75 Å². The van der Waals surface area contributed by atoms with E-state index in [2.05, 4.69) is 10.3 Å². The van der Waals surface area contributed by atoms with Gasteiger partial charge in [-0.1, -0.05) is 12.1 Å². The highest BCUT2D eigenvalue weighted by atomic mass is 32.2. The summed E-state index contributed by atoms with van der Waals surface area (Å²) >= 11 is 1.51. The van der Waals surface area contributed by atoms with Crippen LogP contribution in [0.15, 0.2) is 42.7 Å². The van der Waals surface area contributed by atoms with Gasteiger partial charge >= 0.3 is 0 Å². The lowest BCUT2D eigenvalue weighted by Gasteiger charge is -2.15. The number of pyridine rings is 1. The Morgan fingerprint density at radius 1 is 1.43 bits per heavy atom. The summed E-state index contributed by atoms with van der Waals surface area (Å²) in [6, 6.07) is 8.27. The maximum Gasteiger partial charge on any atom is 0.230 e. The zero-order chi connectivity index (χ0) is 16.7. The monoisotopic (exact) mass is 334 g/mol. The summed E-state index contributed by atoms with van der Waals surface area (Å²) in [5.74, 6) is 0.754. The molecule has 0 aliphatic carbocycles. The fourth-order valence-corrected chi connectivity index (χ4v) is 2.84. The zero-order valence-electron chi connectivity index (χ0n) is 13.1. The van der Waals surface area contributed by atoms with E-state index in [4.69, 9.17) is 4.74 Å². The number of hydrogen-bond acceptors (Lipinski definition) is 4. The summed E-state index contributed by atoms with van der Waals surface area (Å²) in [5.41, 5.74) is 1.78. The third-order valence-corrected chi connectivity index (χ3v) is 4.28. The fourth-order valence-electron chi connectivity index (χ4n) is 2.06. The van der Waals surface area contributed by atoms with Gasteiger partial charge in [0.15, 0.2) is 11.6 Å². The first-order valence-electron chi connectivity index (χ1n) is 7.19. The van der Waals surface area contributed by atoms with Crippen molar-refractivity contribution in [3.8, 4) is 5.75 Å². The zero-order valence-corrected chi connectivity index (χ0v) is 13.9. The molecule has 1 heterocycles. The van der Waals surface area contributed by atoms with E-state index in [0.717, 1.165) is 11.3 Å². The number of methoxy groups -OCH3 is 1. The molecule has 0 fully saturated rings. The van der Waals surface area contributed by atoms with E-state index in [-0.39, 0.29) is 17.7 Å². The summed E-state index contributed by atoms with van der Waals surface area (Å²) in [6.45, 7) is 1.82. The van der Waals surface area contributed by atoms with E-state index in [0.29, 0.717) is 11.3 Å². The van der Waals surface area contributed by atoms with Crippen LogP contribution in [-0.4, -0.2) is 23.8 Å². The minimum atomic E-state index is -0.433. The maximum atomic E-state index is 13.7. The smallest absolute Gasteiger partial charge is 0.230 e. The number of benzene rings is 1. The topological polar surface area (TPSA) is 51.2 Å². The predicted octanol–water partition coefficient (Wildman–Crippen LogP) is 3.34. The minimum absolute atomic E-state index is 0.0809. The SMILES string of the molecule is COc1ccc(C(C)NC(=O)CSCc2cccnc2)cc1F. The van der Waals surface area contributed by atoms with Crippen molar-refractivity contribution in [1.82, 2.24) is 10.3 Å². The summed E-state index contributed by atoms with van der Waals surface area (Å²) in [6.07, 6.45) is 3.50. The van der Waals surface area contributed by atoms with Crippen LogP contribution >= 0.6 is 11.8 Å². The molecule has 2 aromatic rings. The lowest BCUT2D eigenvalue weighted by atomic mass is 10.1. The van der Waals surface area contributed by atoms with Crippen LogP contribution < -0.4 is 10.1 Å². The largest absolute Gasteiger partial charge is 0.494 e. The van der Waals surface area contributed by atoms with Crippen LogP contribution in [0.25, 0.3) is 0 Å². The molecule has 0 saturated heterocycles. The summed E-state index contributed by atoms with van der Waals surface area (Å²) in [5, 5.41) is 2.86. The molecule has 0 aliphatic rings. The Bertz CT molecular complexity index is 652. The lowest BCUT2D eigenvalue weighted by Crippen LogP contribution is -2.28. The Morgan fingerprint density at radius 3 is 2.91 bits per heavy atom. The fraction of sp³-hybridized carbons (Fsp3) is 0.294. The average molecular weight is 334 g/mol. The Labute approximate surface area is 139 Å². The molecule has 1 aromatic heterocycles. The molecule has 6 heteroatoms. The van der Waals surface area contributed by atoms with Gasteiger partial charge in [-0.25, -0.2) is 4.39 Å². The van der Waals surface area contributed by atoms with Crippen molar-refractivity contribution in [3.05, 3.63) is 59.7 Å². The molecule has 23 heavy (non-hydrogen) atoms. The molecule has 1 atom stereocenters. The van der Waals surface area contributed by atoms with Gasteiger partial charge in [0.05, 0.1) is 18.9 Å². The number of amides is 1. The van der Waals surface area contributed by atoms with Crippen LogP contribution in [0.2, 0.25) is 0 Å². The van der Waals surface area contributed by atoms with E-state index in [9.17, 15) is 9.18 Å². The molecule has 1 amide bonds. The number of carbonyl (C=O) groups is 1. The number of carbonyl (C=O) groups excluding carboxylic acids is 1. The van der Waals surface area contributed by atoms with Crippen molar-refractivity contribution in [2.45, 2.75) is 18.7 Å². The van der Waals surface area contributed by atoms with Crippen LogP contribution in [0.3, 0.4) is 0 Å². The van der Waals surface area contributed by atoms with Crippen molar-refractivity contribution >= 4 is 17.7 Å². The molecular formula is C17H19FN2O2S. The number of ether oxygens (including phenoxy) is 1. The average Bonchev–Trinajstić information content (AvgIpc) is 2.55. The third-order valence-electron chi connectivity index (χ3n) is 3.28. The van der Waals surface area contributed by atoms with Gasteiger partial charge in [0.1, 0.15) is 0 Å². The van der Waals surface area contributed by atoms with E-state index in [1.165, 1.54) is 24.9 Å². The lowest BCUT2D eigenvalue weighted by molar-refractivity contribution is -0.119.